The van der Waals surface area contributed by atoms with Gasteiger partial charge in [0.2, 0.25) is 0 Å². The highest BCUT2D eigenvalue weighted by Crippen LogP contribution is 2.53. The molecule has 0 radical (unpaired) electrons. The van der Waals surface area contributed by atoms with Crippen molar-refractivity contribution in [3.05, 3.63) is 64.7 Å². The number of benzene rings is 2. The molecule has 0 aliphatic heterocycles. The Morgan fingerprint density at radius 1 is 1.05 bits per heavy atom. The van der Waals surface area contributed by atoms with Crippen LogP contribution in [0.25, 0.3) is 0 Å². The molecule has 2 aromatic carbocycles. The van der Waals surface area contributed by atoms with Crippen LogP contribution in [0.1, 0.15) is 17.0 Å². The summed E-state index contributed by atoms with van der Waals surface area (Å²) < 4.78 is 25.7. The van der Waals surface area contributed by atoms with E-state index in [2.05, 4.69) is 0 Å². The topological polar surface area (TPSA) is 60.2 Å². The fourth-order valence-electron chi connectivity index (χ4n) is 3.05. The molecule has 0 spiro atoms. The molecule has 3 atom stereocenters. The maximum atomic E-state index is 12.8. The minimum Gasteiger partial charge on any atom is -0.330 e. The summed E-state index contributed by atoms with van der Waals surface area (Å²) in [5.74, 6) is -0.0824. The number of halogens is 1. The lowest BCUT2D eigenvalue weighted by Gasteiger charge is -2.05. The van der Waals surface area contributed by atoms with Gasteiger partial charge in [-0.2, -0.15) is 0 Å². The van der Waals surface area contributed by atoms with Gasteiger partial charge in [0.15, 0.2) is 9.84 Å². The van der Waals surface area contributed by atoms with Crippen molar-refractivity contribution in [2.45, 2.75) is 23.0 Å². The van der Waals surface area contributed by atoms with Gasteiger partial charge in [0, 0.05) is 10.9 Å². The molecule has 1 fully saturated rings. The summed E-state index contributed by atoms with van der Waals surface area (Å²) in [6, 6.07) is 14.4. The van der Waals surface area contributed by atoms with E-state index < -0.39 is 15.1 Å². The van der Waals surface area contributed by atoms with Crippen molar-refractivity contribution >= 4 is 21.4 Å². The van der Waals surface area contributed by atoms with Crippen LogP contribution >= 0.6 is 11.6 Å². The van der Waals surface area contributed by atoms with Gasteiger partial charge in [0.1, 0.15) is 0 Å². The molecule has 0 aromatic heterocycles. The zero-order valence-electron chi connectivity index (χ0n) is 12.2. The molecule has 1 aliphatic rings. The van der Waals surface area contributed by atoms with Crippen LogP contribution in [0.3, 0.4) is 0 Å². The Morgan fingerprint density at radius 3 is 2.18 bits per heavy atom. The Bertz CT molecular complexity index is 769. The van der Waals surface area contributed by atoms with E-state index in [-0.39, 0.29) is 11.8 Å². The van der Waals surface area contributed by atoms with Gasteiger partial charge in [-0.3, -0.25) is 0 Å². The van der Waals surface area contributed by atoms with E-state index in [9.17, 15) is 8.42 Å². The summed E-state index contributed by atoms with van der Waals surface area (Å²) in [7, 11) is -3.36. The zero-order chi connectivity index (χ0) is 15.9. The molecule has 22 heavy (non-hydrogen) atoms. The summed E-state index contributed by atoms with van der Waals surface area (Å²) in [4.78, 5) is 0.373. The van der Waals surface area contributed by atoms with E-state index in [0.717, 1.165) is 11.1 Å². The van der Waals surface area contributed by atoms with E-state index in [0.29, 0.717) is 16.5 Å². The smallest absolute Gasteiger partial charge is 0.182 e. The predicted octanol–water partition coefficient (Wildman–Crippen LogP) is 3.16. The van der Waals surface area contributed by atoms with Crippen LogP contribution in [0, 0.1) is 12.8 Å². The fraction of sp³-hybridized carbons (Fsp3) is 0.294. The van der Waals surface area contributed by atoms with Gasteiger partial charge in [0.25, 0.3) is 0 Å². The van der Waals surface area contributed by atoms with E-state index >= 15 is 0 Å². The van der Waals surface area contributed by atoms with E-state index in [4.69, 9.17) is 17.3 Å². The standard InChI is InChI=1S/C17H18ClNO2S/c1-11-2-8-14(9-3-11)22(20,21)17-15(10-19)16(17)12-4-6-13(18)7-5-12/h2-9,15-17H,10,19H2,1H3/t15-,16-,17-/m0/s1. The third-order valence-electron chi connectivity index (χ3n) is 4.33. The number of hydrogen-bond donors (Lipinski definition) is 1. The summed E-state index contributed by atoms with van der Waals surface area (Å²) in [5, 5.41) is 0.202. The lowest BCUT2D eigenvalue weighted by atomic mass is 10.1. The molecular weight excluding hydrogens is 318 g/mol. The molecular formula is C17H18ClNO2S. The van der Waals surface area contributed by atoms with Crippen molar-refractivity contribution in [1.29, 1.82) is 0 Å². The average molecular weight is 336 g/mol. The Hall–Kier alpha value is -1.36. The highest BCUT2D eigenvalue weighted by molar-refractivity contribution is 7.92. The van der Waals surface area contributed by atoms with Gasteiger partial charge in [-0.15, -0.1) is 0 Å². The quantitative estimate of drug-likeness (QED) is 0.933. The molecule has 0 unspecified atom stereocenters. The first-order valence-electron chi connectivity index (χ1n) is 7.21. The van der Waals surface area contributed by atoms with Crippen LogP contribution in [0.5, 0.6) is 0 Å². The van der Waals surface area contributed by atoms with Crippen molar-refractivity contribution in [3.63, 3.8) is 0 Å². The minimum absolute atomic E-state index is 0.0347. The number of hydrogen-bond acceptors (Lipinski definition) is 3. The Kier molecular flexibility index (Phi) is 4.02. The van der Waals surface area contributed by atoms with E-state index in [1.807, 2.05) is 31.2 Å². The molecule has 0 saturated heterocycles. The monoisotopic (exact) mass is 335 g/mol. The van der Waals surface area contributed by atoms with Crippen molar-refractivity contribution in [2.24, 2.45) is 11.7 Å². The number of aryl methyl sites for hydroxylation is 1. The summed E-state index contributed by atoms with van der Waals surface area (Å²) in [6.07, 6.45) is 0. The van der Waals surface area contributed by atoms with Crippen LogP contribution in [0.2, 0.25) is 5.02 Å². The Morgan fingerprint density at radius 2 is 1.64 bits per heavy atom. The van der Waals surface area contributed by atoms with Gasteiger partial charge in [-0.1, -0.05) is 41.4 Å². The molecule has 2 aromatic rings. The highest BCUT2D eigenvalue weighted by atomic mass is 35.5. The van der Waals surface area contributed by atoms with Crippen LogP contribution < -0.4 is 5.73 Å². The second-order valence-electron chi connectivity index (χ2n) is 5.80. The molecule has 0 amide bonds. The maximum absolute atomic E-state index is 12.8. The predicted molar refractivity (Wildman–Crippen MR) is 88.9 cm³/mol. The number of nitrogens with two attached hydrogens (primary N) is 1. The Balaban J connectivity index is 1.93. The van der Waals surface area contributed by atoms with E-state index in [1.54, 1.807) is 24.3 Å². The maximum Gasteiger partial charge on any atom is 0.182 e. The first kappa shape index (κ1) is 15.5. The van der Waals surface area contributed by atoms with Gasteiger partial charge in [-0.05, 0) is 49.2 Å². The van der Waals surface area contributed by atoms with Crippen molar-refractivity contribution in [2.75, 3.05) is 6.54 Å². The van der Waals surface area contributed by atoms with Crippen LogP contribution in [0.15, 0.2) is 53.4 Å². The van der Waals surface area contributed by atoms with Gasteiger partial charge >= 0.3 is 0 Å². The van der Waals surface area contributed by atoms with Gasteiger partial charge in [-0.25, -0.2) is 8.42 Å². The van der Waals surface area contributed by atoms with Crippen LogP contribution in [0.4, 0.5) is 0 Å². The van der Waals surface area contributed by atoms with Crippen LogP contribution in [-0.4, -0.2) is 20.2 Å². The molecule has 0 bridgehead atoms. The fourth-order valence-corrected chi connectivity index (χ4v) is 5.40. The third-order valence-corrected chi connectivity index (χ3v) is 6.87. The lowest BCUT2D eigenvalue weighted by molar-refractivity contribution is 0.591. The van der Waals surface area contributed by atoms with Crippen molar-refractivity contribution in [1.82, 2.24) is 0 Å². The lowest BCUT2D eigenvalue weighted by Crippen LogP contribution is -2.13. The van der Waals surface area contributed by atoms with Gasteiger partial charge in [0.05, 0.1) is 10.1 Å². The first-order valence-corrected chi connectivity index (χ1v) is 9.13. The molecule has 3 nitrogen and oxygen atoms in total. The molecule has 116 valence electrons. The van der Waals surface area contributed by atoms with Crippen molar-refractivity contribution < 1.29 is 8.42 Å². The van der Waals surface area contributed by atoms with Crippen molar-refractivity contribution in [3.8, 4) is 0 Å². The normalized spacial score (nSPS) is 24.2. The molecule has 1 aliphatic carbocycles. The summed E-state index contributed by atoms with van der Waals surface area (Å²) >= 11 is 5.90. The third kappa shape index (κ3) is 2.67. The molecule has 5 heteroatoms. The van der Waals surface area contributed by atoms with E-state index in [1.165, 1.54) is 0 Å². The number of rotatable bonds is 4. The second kappa shape index (κ2) is 5.69. The molecule has 1 saturated carbocycles. The average Bonchev–Trinajstić information content (AvgIpc) is 3.24. The largest absolute Gasteiger partial charge is 0.330 e. The molecule has 2 N–H and O–H groups in total. The minimum atomic E-state index is -3.36. The molecule has 3 rings (SSSR count). The van der Waals surface area contributed by atoms with Crippen LogP contribution in [-0.2, 0) is 9.84 Å². The second-order valence-corrected chi connectivity index (χ2v) is 8.34. The Labute approximate surface area is 136 Å². The first-order chi connectivity index (χ1) is 10.4. The number of sulfone groups is 1. The highest BCUT2D eigenvalue weighted by Gasteiger charge is 2.57. The summed E-state index contributed by atoms with van der Waals surface area (Å²) in [5.41, 5.74) is 7.82. The summed E-state index contributed by atoms with van der Waals surface area (Å²) in [6.45, 7) is 2.30. The van der Waals surface area contributed by atoms with Gasteiger partial charge < -0.3 is 5.73 Å². The molecule has 0 heterocycles. The zero-order valence-corrected chi connectivity index (χ0v) is 13.8. The SMILES string of the molecule is Cc1ccc(S(=O)(=O)[C@H]2[C@@H](CN)[C@@H]2c2ccc(Cl)cc2)cc1.